The first-order valence-electron chi connectivity index (χ1n) is 7.46. The molecule has 3 nitrogen and oxygen atoms in total. The van der Waals surface area contributed by atoms with Gasteiger partial charge in [0.2, 0.25) is 0 Å². The number of allylic oxidation sites excluding steroid dienone is 1. The van der Waals surface area contributed by atoms with E-state index in [9.17, 15) is 0 Å². The topological polar surface area (TPSA) is 27.1 Å². The summed E-state index contributed by atoms with van der Waals surface area (Å²) in [7, 11) is 0. The number of ether oxygens (including phenoxy) is 1. The Labute approximate surface area is 146 Å². The van der Waals surface area contributed by atoms with Gasteiger partial charge in [-0.15, -0.1) is 24.9 Å². The number of rotatable bonds is 7. The number of fused-ring (bicyclic) bond motifs is 1. The third kappa shape index (κ3) is 3.25. The molecular formula is C18H19ClN2OS. The van der Waals surface area contributed by atoms with Gasteiger partial charge in [0.25, 0.3) is 0 Å². The Morgan fingerprint density at radius 1 is 1.39 bits per heavy atom. The van der Waals surface area contributed by atoms with Gasteiger partial charge < -0.3 is 9.30 Å². The van der Waals surface area contributed by atoms with E-state index >= 15 is 0 Å². The standard InChI is InChI=1S/C18H19ClN2OS/c1-3-7-18(12-21-9-8-20-13-21)17(22-10-4-2)15-6-5-14(19)11-16(15)23-18/h3-6,8-9,11,13,17H,1-2,7,10,12H2/t17-,18+/m0/s1. The summed E-state index contributed by atoms with van der Waals surface area (Å²) < 4.78 is 8.10. The minimum atomic E-state index is -0.168. The Hall–Kier alpha value is -1.49. The van der Waals surface area contributed by atoms with E-state index in [-0.39, 0.29) is 10.9 Å². The molecule has 0 N–H and O–H groups in total. The summed E-state index contributed by atoms with van der Waals surface area (Å²) >= 11 is 8.00. The highest BCUT2D eigenvalue weighted by molar-refractivity contribution is 8.01. The molecule has 2 atom stereocenters. The number of halogens is 1. The fourth-order valence-corrected chi connectivity index (χ4v) is 4.91. The molecule has 1 aromatic carbocycles. The molecule has 1 aromatic heterocycles. The first kappa shape index (κ1) is 16.4. The van der Waals surface area contributed by atoms with Crippen molar-refractivity contribution in [2.75, 3.05) is 6.61 Å². The molecule has 1 aliphatic heterocycles. The predicted octanol–water partition coefficient (Wildman–Crippen LogP) is 4.90. The summed E-state index contributed by atoms with van der Waals surface area (Å²) in [4.78, 5) is 5.33. The molecule has 0 fully saturated rings. The number of hydrogen-bond acceptors (Lipinski definition) is 3. The van der Waals surface area contributed by atoms with Crippen LogP contribution in [0.15, 0.2) is 67.1 Å². The summed E-state index contributed by atoms with van der Waals surface area (Å²) in [5, 5.41) is 0.746. The molecule has 5 heteroatoms. The molecule has 0 radical (unpaired) electrons. The predicted molar refractivity (Wildman–Crippen MR) is 96.0 cm³/mol. The zero-order valence-electron chi connectivity index (χ0n) is 12.8. The Morgan fingerprint density at radius 3 is 2.96 bits per heavy atom. The fourth-order valence-electron chi connectivity index (χ4n) is 3.04. The Kier molecular flexibility index (Phi) is 4.95. The van der Waals surface area contributed by atoms with Gasteiger partial charge in [-0.05, 0) is 24.1 Å². The minimum Gasteiger partial charge on any atom is -0.368 e. The van der Waals surface area contributed by atoms with E-state index in [1.807, 2.05) is 42.5 Å². The van der Waals surface area contributed by atoms with Crippen LogP contribution in [0.1, 0.15) is 18.1 Å². The van der Waals surface area contributed by atoms with E-state index in [2.05, 4.69) is 28.8 Å². The van der Waals surface area contributed by atoms with Crippen molar-refractivity contribution in [3.05, 3.63) is 72.8 Å². The van der Waals surface area contributed by atoms with Gasteiger partial charge >= 0.3 is 0 Å². The molecule has 0 saturated heterocycles. The molecule has 2 aromatic rings. The Balaban J connectivity index is 2.01. The van der Waals surface area contributed by atoms with Crippen molar-refractivity contribution in [3.8, 4) is 0 Å². The van der Waals surface area contributed by atoms with Crippen molar-refractivity contribution < 1.29 is 4.74 Å². The highest BCUT2D eigenvalue weighted by Crippen LogP contribution is 2.56. The Morgan fingerprint density at radius 2 is 2.26 bits per heavy atom. The van der Waals surface area contributed by atoms with E-state index in [0.717, 1.165) is 18.0 Å². The van der Waals surface area contributed by atoms with Crippen LogP contribution in [0.4, 0.5) is 0 Å². The van der Waals surface area contributed by atoms with Gasteiger partial charge in [-0.3, -0.25) is 0 Å². The smallest absolute Gasteiger partial charge is 0.101 e. The zero-order valence-corrected chi connectivity index (χ0v) is 14.4. The summed E-state index contributed by atoms with van der Waals surface area (Å²) in [5.74, 6) is 0. The summed E-state index contributed by atoms with van der Waals surface area (Å²) in [6, 6.07) is 6.01. The maximum absolute atomic E-state index is 6.18. The molecule has 120 valence electrons. The number of thioether (sulfide) groups is 1. The van der Waals surface area contributed by atoms with Crippen molar-refractivity contribution in [2.24, 2.45) is 0 Å². The molecule has 2 heterocycles. The average molecular weight is 347 g/mol. The summed E-state index contributed by atoms with van der Waals surface area (Å²) in [6.45, 7) is 9.03. The van der Waals surface area contributed by atoms with Gasteiger partial charge in [0.15, 0.2) is 0 Å². The van der Waals surface area contributed by atoms with Crippen molar-refractivity contribution in [1.82, 2.24) is 9.55 Å². The van der Waals surface area contributed by atoms with Crippen LogP contribution < -0.4 is 0 Å². The lowest BCUT2D eigenvalue weighted by Gasteiger charge is -2.34. The molecule has 0 spiro atoms. The van der Waals surface area contributed by atoms with E-state index in [4.69, 9.17) is 16.3 Å². The SMILES string of the molecule is C=CCO[C@H]1c2ccc(Cl)cc2S[C@]1(CC=C)Cn1ccnc1. The Bertz CT molecular complexity index is 701. The maximum atomic E-state index is 6.18. The molecule has 0 saturated carbocycles. The molecule has 0 amide bonds. The van der Waals surface area contributed by atoms with Crippen molar-refractivity contribution >= 4 is 23.4 Å². The molecule has 23 heavy (non-hydrogen) atoms. The highest BCUT2D eigenvalue weighted by atomic mass is 35.5. The zero-order chi connectivity index (χ0) is 16.3. The van der Waals surface area contributed by atoms with Gasteiger partial charge in [0, 0.05) is 28.9 Å². The second-order valence-electron chi connectivity index (χ2n) is 5.58. The largest absolute Gasteiger partial charge is 0.368 e. The third-order valence-electron chi connectivity index (χ3n) is 3.93. The first-order valence-corrected chi connectivity index (χ1v) is 8.65. The second kappa shape index (κ2) is 6.95. The first-order chi connectivity index (χ1) is 11.2. The van der Waals surface area contributed by atoms with Crippen LogP contribution >= 0.6 is 23.4 Å². The van der Waals surface area contributed by atoms with Gasteiger partial charge in [-0.25, -0.2) is 4.98 Å². The third-order valence-corrected chi connectivity index (χ3v) is 5.65. The lowest BCUT2D eigenvalue weighted by Crippen LogP contribution is -2.35. The number of aromatic nitrogens is 2. The van der Waals surface area contributed by atoms with Crippen LogP contribution in [0.5, 0.6) is 0 Å². The van der Waals surface area contributed by atoms with Crippen molar-refractivity contribution in [2.45, 2.75) is 28.7 Å². The van der Waals surface area contributed by atoms with Crippen molar-refractivity contribution in [1.29, 1.82) is 0 Å². The second-order valence-corrected chi connectivity index (χ2v) is 7.47. The van der Waals surface area contributed by atoms with Gasteiger partial charge in [-0.1, -0.05) is 29.8 Å². The van der Waals surface area contributed by atoms with Crippen LogP contribution in [0.2, 0.25) is 5.02 Å². The lowest BCUT2D eigenvalue weighted by atomic mass is 9.91. The number of imidazole rings is 1. The van der Waals surface area contributed by atoms with E-state index in [1.54, 1.807) is 12.3 Å². The summed E-state index contributed by atoms with van der Waals surface area (Å²) in [5.41, 5.74) is 1.18. The van der Waals surface area contributed by atoms with Crippen LogP contribution in [0.25, 0.3) is 0 Å². The quantitative estimate of drug-likeness (QED) is 0.667. The highest BCUT2D eigenvalue weighted by Gasteiger charge is 2.47. The molecule has 3 rings (SSSR count). The molecule has 1 aliphatic rings. The number of hydrogen-bond donors (Lipinski definition) is 0. The van der Waals surface area contributed by atoms with Crippen LogP contribution in [-0.2, 0) is 11.3 Å². The van der Waals surface area contributed by atoms with Gasteiger partial charge in [0.1, 0.15) is 6.10 Å². The van der Waals surface area contributed by atoms with E-state index in [1.165, 1.54) is 10.5 Å². The number of nitrogens with zero attached hydrogens (tertiary/aromatic N) is 2. The van der Waals surface area contributed by atoms with Gasteiger partial charge in [0.05, 0.1) is 17.7 Å². The minimum absolute atomic E-state index is 0.0434. The average Bonchev–Trinajstić information content (AvgIpc) is 3.11. The monoisotopic (exact) mass is 346 g/mol. The summed E-state index contributed by atoms with van der Waals surface area (Å²) in [6.07, 6.45) is 10.1. The molecule has 0 bridgehead atoms. The lowest BCUT2D eigenvalue weighted by molar-refractivity contribution is 0.0398. The van der Waals surface area contributed by atoms with Crippen LogP contribution in [0.3, 0.4) is 0 Å². The van der Waals surface area contributed by atoms with Crippen LogP contribution in [-0.4, -0.2) is 20.9 Å². The van der Waals surface area contributed by atoms with E-state index < -0.39 is 0 Å². The number of benzene rings is 1. The van der Waals surface area contributed by atoms with Gasteiger partial charge in [-0.2, -0.15) is 0 Å². The normalized spacial score (nSPS) is 22.7. The molecular weight excluding hydrogens is 328 g/mol. The maximum Gasteiger partial charge on any atom is 0.101 e. The van der Waals surface area contributed by atoms with E-state index in [0.29, 0.717) is 6.61 Å². The molecule has 0 aliphatic carbocycles. The molecule has 0 unspecified atom stereocenters. The van der Waals surface area contributed by atoms with Crippen LogP contribution in [0, 0.1) is 0 Å². The van der Waals surface area contributed by atoms with Crippen molar-refractivity contribution in [3.63, 3.8) is 0 Å². The fraction of sp³-hybridized carbons (Fsp3) is 0.278.